The zero-order valence-corrected chi connectivity index (χ0v) is 8.62. The number of esters is 1. The van der Waals surface area contributed by atoms with Gasteiger partial charge in [0.25, 0.3) is 0 Å². The highest BCUT2D eigenvalue weighted by Crippen LogP contribution is 2.21. The van der Waals surface area contributed by atoms with Gasteiger partial charge in [0.15, 0.2) is 5.69 Å². The molecule has 0 aliphatic rings. The third kappa shape index (κ3) is 1.60. The quantitative estimate of drug-likeness (QED) is 0.584. The van der Waals surface area contributed by atoms with Crippen LogP contribution in [0, 0.1) is 0 Å². The fourth-order valence-corrected chi connectivity index (χ4v) is 1.40. The standard InChI is InChI=1S/C10H10N4O2/c1-16-10(15)9-8(6-13-14(9)11)7-3-2-4-12-5-7/h2-6H,11H2,1H3. The molecule has 0 amide bonds. The number of carbonyl (C=O) groups is 1. The molecular weight excluding hydrogens is 208 g/mol. The first kappa shape index (κ1) is 10.2. The summed E-state index contributed by atoms with van der Waals surface area (Å²) in [5.74, 6) is 5.01. The number of pyridine rings is 1. The van der Waals surface area contributed by atoms with Crippen molar-refractivity contribution in [2.75, 3.05) is 13.0 Å². The van der Waals surface area contributed by atoms with Crippen molar-refractivity contribution in [1.29, 1.82) is 0 Å². The van der Waals surface area contributed by atoms with Crippen LogP contribution in [-0.2, 0) is 4.74 Å². The van der Waals surface area contributed by atoms with Crippen molar-refractivity contribution in [3.8, 4) is 11.1 Å². The zero-order chi connectivity index (χ0) is 11.5. The van der Waals surface area contributed by atoms with Crippen molar-refractivity contribution in [3.63, 3.8) is 0 Å². The summed E-state index contributed by atoms with van der Waals surface area (Å²) >= 11 is 0. The van der Waals surface area contributed by atoms with Crippen molar-refractivity contribution in [1.82, 2.24) is 14.9 Å². The van der Waals surface area contributed by atoms with E-state index in [0.717, 1.165) is 10.4 Å². The maximum atomic E-state index is 11.5. The Morgan fingerprint density at radius 2 is 2.31 bits per heavy atom. The van der Waals surface area contributed by atoms with E-state index in [-0.39, 0.29) is 5.69 Å². The molecule has 6 heteroatoms. The first-order valence-corrected chi connectivity index (χ1v) is 4.56. The van der Waals surface area contributed by atoms with E-state index < -0.39 is 5.97 Å². The van der Waals surface area contributed by atoms with Crippen LogP contribution in [-0.4, -0.2) is 28.0 Å². The molecular formula is C10H10N4O2. The number of ether oxygens (including phenoxy) is 1. The lowest BCUT2D eigenvalue weighted by molar-refractivity contribution is 0.0590. The van der Waals surface area contributed by atoms with Gasteiger partial charge in [0.1, 0.15) is 0 Å². The van der Waals surface area contributed by atoms with Crippen molar-refractivity contribution in [2.24, 2.45) is 0 Å². The highest BCUT2D eigenvalue weighted by atomic mass is 16.5. The molecule has 0 aromatic carbocycles. The Labute approximate surface area is 91.6 Å². The molecule has 0 bridgehead atoms. The summed E-state index contributed by atoms with van der Waals surface area (Å²) in [6.07, 6.45) is 4.78. The first-order valence-electron chi connectivity index (χ1n) is 4.56. The first-order chi connectivity index (χ1) is 7.74. The highest BCUT2D eigenvalue weighted by Gasteiger charge is 2.19. The summed E-state index contributed by atoms with van der Waals surface area (Å²) in [7, 11) is 1.29. The molecule has 0 saturated heterocycles. The van der Waals surface area contributed by atoms with Crippen LogP contribution < -0.4 is 5.84 Å². The molecule has 0 fully saturated rings. The van der Waals surface area contributed by atoms with Crippen molar-refractivity contribution < 1.29 is 9.53 Å². The number of rotatable bonds is 2. The lowest BCUT2D eigenvalue weighted by Crippen LogP contribution is -2.19. The Hall–Kier alpha value is -2.37. The number of methoxy groups -OCH3 is 1. The molecule has 82 valence electrons. The summed E-state index contributed by atoms with van der Waals surface area (Å²) < 4.78 is 4.64. The van der Waals surface area contributed by atoms with Crippen LogP contribution in [0.2, 0.25) is 0 Å². The SMILES string of the molecule is COC(=O)c1c(-c2cccnc2)cnn1N. The maximum absolute atomic E-state index is 11.5. The second-order valence-corrected chi connectivity index (χ2v) is 3.08. The molecule has 16 heavy (non-hydrogen) atoms. The van der Waals surface area contributed by atoms with E-state index in [2.05, 4.69) is 14.8 Å². The monoisotopic (exact) mass is 218 g/mol. The molecule has 2 aromatic heterocycles. The zero-order valence-electron chi connectivity index (χ0n) is 8.62. The van der Waals surface area contributed by atoms with Crippen LogP contribution in [0.4, 0.5) is 0 Å². The lowest BCUT2D eigenvalue weighted by Gasteiger charge is -2.03. The molecule has 2 N–H and O–H groups in total. The average Bonchev–Trinajstić information content (AvgIpc) is 2.71. The van der Waals surface area contributed by atoms with Gasteiger partial charge in [-0.05, 0) is 6.07 Å². The molecule has 2 aromatic rings. The van der Waals surface area contributed by atoms with Crippen LogP contribution in [0.15, 0.2) is 30.7 Å². The lowest BCUT2D eigenvalue weighted by atomic mass is 10.1. The van der Waals surface area contributed by atoms with Gasteiger partial charge in [0, 0.05) is 23.5 Å². The van der Waals surface area contributed by atoms with Gasteiger partial charge in [-0.2, -0.15) is 9.89 Å². The van der Waals surface area contributed by atoms with E-state index in [0.29, 0.717) is 5.56 Å². The van der Waals surface area contributed by atoms with Crippen molar-refractivity contribution >= 4 is 5.97 Å². The molecule has 6 nitrogen and oxygen atoms in total. The van der Waals surface area contributed by atoms with Gasteiger partial charge >= 0.3 is 5.97 Å². The van der Waals surface area contributed by atoms with Crippen molar-refractivity contribution in [3.05, 3.63) is 36.4 Å². The number of hydrogen-bond acceptors (Lipinski definition) is 5. The van der Waals surface area contributed by atoms with E-state index in [1.807, 2.05) is 6.07 Å². The number of nitrogen functional groups attached to an aromatic ring is 1. The largest absolute Gasteiger partial charge is 0.464 e. The molecule has 0 aliphatic heterocycles. The second kappa shape index (κ2) is 4.01. The third-order valence-electron chi connectivity index (χ3n) is 2.15. The minimum absolute atomic E-state index is 0.204. The molecule has 2 heterocycles. The summed E-state index contributed by atoms with van der Waals surface area (Å²) in [6.45, 7) is 0. The van der Waals surface area contributed by atoms with Crippen LogP contribution in [0.25, 0.3) is 11.1 Å². The predicted octanol–water partition coefficient (Wildman–Crippen LogP) is 0.446. The Morgan fingerprint density at radius 1 is 1.50 bits per heavy atom. The molecule has 0 spiro atoms. The molecule has 0 saturated carbocycles. The summed E-state index contributed by atoms with van der Waals surface area (Å²) in [5.41, 5.74) is 1.57. The fourth-order valence-electron chi connectivity index (χ4n) is 1.40. The third-order valence-corrected chi connectivity index (χ3v) is 2.15. The van der Waals surface area contributed by atoms with E-state index in [9.17, 15) is 4.79 Å². The number of nitrogens with two attached hydrogens (primary N) is 1. The molecule has 0 atom stereocenters. The van der Waals surface area contributed by atoms with Crippen LogP contribution >= 0.6 is 0 Å². The fraction of sp³-hybridized carbons (Fsp3) is 0.100. The normalized spacial score (nSPS) is 10.1. The van der Waals surface area contributed by atoms with Gasteiger partial charge in [-0.1, -0.05) is 6.07 Å². The van der Waals surface area contributed by atoms with Crippen LogP contribution in [0.1, 0.15) is 10.5 Å². The second-order valence-electron chi connectivity index (χ2n) is 3.08. The number of hydrogen-bond donors (Lipinski definition) is 1. The number of carbonyl (C=O) groups excluding carboxylic acids is 1. The molecule has 0 radical (unpaired) electrons. The van der Waals surface area contributed by atoms with Gasteiger partial charge in [0.05, 0.1) is 13.3 Å². The number of aromatic nitrogens is 3. The molecule has 0 unspecified atom stereocenters. The topological polar surface area (TPSA) is 83.0 Å². The van der Waals surface area contributed by atoms with Gasteiger partial charge in [-0.3, -0.25) is 4.98 Å². The summed E-state index contributed by atoms with van der Waals surface area (Å²) in [6, 6.07) is 3.58. The Bertz CT molecular complexity index is 507. The highest BCUT2D eigenvalue weighted by molar-refractivity contribution is 5.95. The predicted molar refractivity (Wildman–Crippen MR) is 56.9 cm³/mol. The number of nitrogens with zero attached hydrogens (tertiary/aromatic N) is 3. The Morgan fingerprint density at radius 3 is 2.94 bits per heavy atom. The van der Waals surface area contributed by atoms with Crippen molar-refractivity contribution in [2.45, 2.75) is 0 Å². The van der Waals surface area contributed by atoms with E-state index in [4.69, 9.17) is 5.84 Å². The van der Waals surface area contributed by atoms with Gasteiger partial charge < -0.3 is 10.6 Å². The van der Waals surface area contributed by atoms with Crippen LogP contribution in [0.3, 0.4) is 0 Å². The minimum atomic E-state index is -0.529. The molecule has 2 rings (SSSR count). The summed E-state index contributed by atoms with van der Waals surface area (Å²) in [5, 5.41) is 3.83. The average molecular weight is 218 g/mol. The van der Waals surface area contributed by atoms with Gasteiger partial charge in [0.2, 0.25) is 0 Å². The van der Waals surface area contributed by atoms with E-state index in [1.165, 1.54) is 13.3 Å². The minimum Gasteiger partial charge on any atom is -0.464 e. The van der Waals surface area contributed by atoms with Crippen LogP contribution in [0.5, 0.6) is 0 Å². The van der Waals surface area contributed by atoms with E-state index in [1.54, 1.807) is 18.5 Å². The summed E-state index contributed by atoms with van der Waals surface area (Å²) in [4.78, 5) is 16.5. The van der Waals surface area contributed by atoms with E-state index >= 15 is 0 Å². The van der Waals surface area contributed by atoms with Gasteiger partial charge in [-0.15, -0.1) is 0 Å². The molecule has 0 aliphatic carbocycles. The smallest absolute Gasteiger partial charge is 0.359 e. The Kier molecular flexibility index (Phi) is 2.55. The Balaban J connectivity index is 2.55. The van der Waals surface area contributed by atoms with Gasteiger partial charge in [-0.25, -0.2) is 4.79 Å². The maximum Gasteiger partial charge on any atom is 0.359 e.